The van der Waals surface area contributed by atoms with E-state index in [2.05, 4.69) is 5.32 Å². The third-order valence-electron chi connectivity index (χ3n) is 0.996. The van der Waals surface area contributed by atoms with Crippen molar-refractivity contribution in [2.45, 2.75) is 13.8 Å². The summed E-state index contributed by atoms with van der Waals surface area (Å²) in [5, 5.41) is 10.8. The van der Waals surface area contributed by atoms with Crippen LogP contribution < -0.4 is 5.32 Å². The van der Waals surface area contributed by atoms with Crippen LogP contribution in [0.15, 0.2) is 0 Å². The first-order chi connectivity index (χ1) is 5.22. The smallest absolute Gasteiger partial charge is 0.316 e. The van der Waals surface area contributed by atoms with Gasteiger partial charge < -0.3 is 15.3 Å². The fourth-order valence-corrected chi connectivity index (χ4v) is 0.442. The quantitative estimate of drug-likeness (QED) is 0.612. The van der Waals surface area contributed by atoms with Gasteiger partial charge in [-0.1, -0.05) is 13.8 Å². The van der Waals surface area contributed by atoms with Gasteiger partial charge in [-0.2, -0.15) is 0 Å². The maximum absolute atomic E-state index is 10.6. The number of amides is 2. The van der Waals surface area contributed by atoms with Crippen LogP contribution in [0.1, 0.15) is 13.8 Å². The Balaban J connectivity index is 0. The van der Waals surface area contributed by atoms with Gasteiger partial charge in [0.05, 0.1) is 6.61 Å². The van der Waals surface area contributed by atoms with Crippen LogP contribution >= 0.6 is 0 Å². The molecule has 0 saturated heterocycles. The fraction of sp³-hybridized carbons (Fsp3) is 0.857. The summed E-state index contributed by atoms with van der Waals surface area (Å²) in [6.07, 6.45) is 0. The van der Waals surface area contributed by atoms with Crippen LogP contribution in [-0.2, 0) is 0 Å². The van der Waals surface area contributed by atoms with Crippen LogP contribution in [0.5, 0.6) is 0 Å². The van der Waals surface area contributed by atoms with Gasteiger partial charge in [-0.25, -0.2) is 4.79 Å². The van der Waals surface area contributed by atoms with Gasteiger partial charge in [-0.05, 0) is 0 Å². The Morgan fingerprint density at radius 3 is 2.27 bits per heavy atom. The van der Waals surface area contributed by atoms with E-state index in [1.807, 2.05) is 13.8 Å². The molecule has 0 saturated carbocycles. The van der Waals surface area contributed by atoms with E-state index in [0.717, 1.165) is 0 Å². The normalized spacial score (nSPS) is 7.73. The molecule has 0 aromatic heterocycles. The second-order valence-corrected chi connectivity index (χ2v) is 1.70. The lowest BCUT2D eigenvalue weighted by atomic mass is 10.6. The van der Waals surface area contributed by atoms with E-state index in [1.54, 1.807) is 14.1 Å². The molecule has 4 heteroatoms. The molecule has 11 heavy (non-hydrogen) atoms. The van der Waals surface area contributed by atoms with Gasteiger partial charge in [-0.15, -0.1) is 0 Å². The zero-order chi connectivity index (χ0) is 9.28. The molecule has 0 fully saturated rings. The van der Waals surface area contributed by atoms with Gasteiger partial charge in [-0.3, -0.25) is 0 Å². The highest BCUT2D eigenvalue weighted by molar-refractivity contribution is 5.73. The third kappa shape index (κ3) is 7.12. The summed E-state index contributed by atoms with van der Waals surface area (Å²) in [5.41, 5.74) is 0. The summed E-state index contributed by atoms with van der Waals surface area (Å²) in [6, 6.07) is -0.177. The Morgan fingerprint density at radius 1 is 1.55 bits per heavy atom. The van der Waals surface area contributed by atoms with E-state index >= 15 is 0 Å². The maximum Gasteiger partial charge on any atom is 0.316 e. The van der Waals surface area contributed by atoms with Crippen LogP contribution in [0.25, 0.3) is 0 Å². The highest BCUT2D eigenvalue weighted by Gasteiger charge is 2.01. The first-order valence-corrected chi connectivity index (χ1v) is 3.76. The van der Waals surface area contributed by atoms with E-state index in [-0.39, 0.29) is 12.6 Å². The van der Waals surface area contributed by atoms with Crippen molar-refractivity contribution in [2.24, 2.45) is 0 Å². The van der Waals surface area contributed by atoms with E-state index in [4.69, 9.17) is 5.11 Å². The van der Waals surface area contributed by atoms with Crippen molar-refractivity contribution in [1.82, 2.24) is 10.2 Å². The Kier molecular flexibility index (Phi) is 10.8. The Labute approximate surface area is 68.2 Å². The number of rotatable bonds is 2. The van der Waals surface area contributed by atoms with E-state index in [9.17, 15) is 4.79 Å². The van der Waals surface area contributed by atoms with Crippen molar-refractivity contribution in [3.63, 3.8) is 0 Å². The van der Waals surface area contributed by atoms with Crippen LogP contribution in [-0.4, -0.2) is 43.3 Å². The lowest BCUT2D eigenvalue weighted by Gasteiger charge is -2.13. The average Bonchev–Trinajstić information content (AvgIpc) is 2.07. The second kappa shape index (κ2) is 9.23. The van der Waals surface area contributed by atoms with Crippen molar-refractivity contribution in [3.8, 4) is 0 Å². The number of likely N-dealkylation sites (N-methyl/N-ethyl adjacent to an activating group) is 1. The van der Waals surface area contributed by atoms with Crippen LogP contribution in [0.2, 0.25) is 0 Å². The van der Waals surface area contributed by atoms with Gasteiger partial charge >= 0.3 is 6.03 Å². The molecule has 0 radical (unpaired) electrons. The summed E-state index contributed by atoms with van der Waals surface area (Å²) < 4.78 is 0. The molecule has 0 aliphatic rings. The number of nitrogens with one attached hydrogen (secondary N) is 1. The SMILES string of the molecule is CC.CNC(=O)N(C)CCO. The summed E-state index contributed by atoms with van der Waals surface area (Å²) in [6.45, 7) is 4.38. The highest BCUT2D eigenvalue weighted by Crippen LogP contribution is 1.79. The largest absolute Gasteiger partial charge is 0.395 e. The number of hydrogen-bond donors (Lipinski definition) is 2. The van der Waals surface area contributed by atoms with E-state index in [0.29, 0.717) is 6.54 Å². The molecule has 0 atom stereocenters. The van der Waals surface area contributed by atoms with Gasteiger partial charge in [0.1, 0.15) is 0 Å². The van der Waals surface area contributed by atoms with Gasteiger partial charge in [0.2, 0.25) is 0 Å². The molecule has 0 unspecified atom stereocenters. The molecule has 68 valence electrons. The monoisotopic (exact) mass is 162 g/mol. The Morgan fingerprint density at radius 2 is 2.00 bits per heavy atom. The van der Waals surface area contributed by atoms with Gasteiger partial charge in [0, 0.05) is 20.6 Å². The minimum absolute atomic E-state index is 0.00389. The van der Waals surface area contributed by atoms with Crippen LogP contribution in [0.3, 0.4) is 0 Å². The highest BCUT2D eigenvalue weighted by atomic mass is 16.3. The molecule has 0 aromatic carbocycles. The van der Waals surface area contributed by atoms with Crippen LogP contribution in [0.4, 0.5) is 4.79 Å². The predicted molar refractivity (Wildman–Crippen MR) is 45.5 cm³/mol. The number of urea groups is 1. The predicted octanol–water partition coefficient (Wildman–Crippen LogP) is 0.276. The summed E-state index contributed by atoms with van der Waals surface area (Å²) in [7, 11) is 3.17. The zero-order valence-electron chi connectivity index (χ0n) is 7.72. The molecular formula is C7H18N2O2. The second-order valence-electron chi connectivity index (χ2n) is 1.70. The molecule has 0 aromatic rings. The first kappa shape index (κ1) is 12.9. The average molecular weight is 162 g/mol. The van der Waals surface area contributed by atoms with E-state index < -0.39 is 0 Å². The summed E-state index contributed by atoms with van der Waals surface area (Å²) >= 11 is 0. The number of hydrogen-bond acceptors (Lipinski definition) is 2. The molecule has 2 amide bonds. The molecule has 2 N–H and O–H groups in total. The minimum Gasteiger partial charge on any atom is -0.395 e. The molecule has 0 spiro atoms. The summed E-state index contributed by atoms with van der Waals surface area (Å²) in [4.78, 5) is 12.0. The number of nitrogens with zero attached hydrogens (tertiary/aromatic N) is 1. The van der Waals surface area contributed by atoms with Crippen molar-refractivity contribution in [3.05, 3.63) is 0 Å². The topological polar surface area (TPSA) is 52.6 Å². The Hall–Kier alpha value is -0.770. The third-order valence-corrected chi connectivity index (χ3v) is 0.996. The lowest BCUT2D eigenvalue weighted by Crippen LogP contribution is -2.36. The fourth-order valence-electron chi connectivity index (χ4n) is 0.442. The Bertz CT molecular complexity index is 96.4. The van der Waals surface area contributed by atoms with Crippen molar-refractivity contribution in [1.29, 1.82) is 0 Å². The molecule has 0 aliphatic heterocycles. The standard InChI is InChI=1S/C5H12N2O2.C2H6/c1-6-5(9)7(2)3-4-8;1-2/h8H,3-4H2,1-2H3,(H,6,9);1-2H3. The molecule has 0 bridgehead atoms. The number of aliphatic hydroxyl groups is 1. The molecular weight excluding hydrogens is 144 g/mol. The van der Waals surface area contributed by atoms with Gasteiger partial charge in [0.25, 0.3) is 0 Å². The lowest BCUT2D eigenvalue weighted by molar-refractivity contribution is 0.192. The van der Waals surface area contributed by atoms with Crippen molar-refractivity contribution in [2.75, 3.05) is 27.2 Å². The van der Waals surface area contributed by atoms with Crippen LogP contribution in [0, 0.1) is 0 Å². The molecule has 4 nitrogen and oxygen atoms in total. The first-order valence-electron chi connectivity index (χ1n) is 3.76. The van der Waals surface area contributed by atoms with E-state index in [1.165, 1.54) is 4.90 Å². The summed E-state index contributed by atoms with van der Waals surface area (Å²) in [5.74, 6) is 0. The number of carbonyl (C=O) groups excluding carboxylic acids is 1. The van der Waals surface area contributed by atoms with Gasteiger partial charge in [0.15, 0.2) is 0 Å². The molecule has 0 aliphatic carbocycles. The number of aliphatic hydroxyl groups excluding tert-OH is 1. The molecule has 0 rings (SSSR count). The number of carbonyl (C=O) groups is 1. The van der Waals surface area contributed by atoms with Crippen molar-refractivity contribution < 1.29 is 9.90 Å². The minimum atomic E-state index is -0.177. The zero-order valence-corrected chi connectivity index (χ0v) is 7.72. The van der Waals surface area contributed by atoms with Crippen molar-refractivity contribution >= 4 is 6.03 Å². The molecule has 0 heterocycles. The maximum atomic E-state index is 10.6.